The van der Waals surface area contributed by atoms with E-state index < -0.39 is 34.8 Å². The summed E-state index contributed by atoms with van der Waals surface area (Å²) < 4.78 is 20.1. The Balaban J connectivity index is 2.45. The Morgan fingerprint density at radius 1 is 1.31 bits per heavy atom. The molecule has 7 nitrogen and oxygen atoms in total. The number of amides is 1. The molecule has 0 aromatic heterocycles. The molecule has 0 aliphatic carbocycles. The summed E-state index contributed by atoms with van der Waals surface area (Å²) >= 11 is 0. The third-order valence-corrected chi connectivity index (χ3v) is 4.14. The molecule has 0 aromatic carbocycles. The van der Waals surface area contributed by atoms with Gasteiger partial charge < -0.3 is 15.2 Å². The predicted octanol–water partition coefficient (Wildman–Crippen LogP) is -1.31. The standard InChI is InChI=1S/C8H14N2O5S/c11-7(5-15-6-8(12)13)10-16(14)3-1-9-2-4-16/h9H,1-6H2,(H,12,13). The monoisotopic (exact) mass is 250 g/mol. The maximum absolute atomic E-state index is 11.9. The third-order valence-electron chi connectivity index (χ3n) is 1.91. The van der Waals surface area contributed by atoms with E-state index >= 15 is 0 Å². The molecule has 8 heteroatoms. The number of hydrogen-bond donors (Lipinski definition) is 2. The normalized spacial score (nSPS) is 19.0. The molecule has 0 atom stereocenters. The fraction of sp³-hybridized carbons (Fsp3) is 0.750. The van der Waals surface area contributed by atoms with Crippen LogP contribution in [0.3, 0.4) is 0 Å². The Morgan fingerprint density at radius 3 is 2.50 bits per heavy atom. The minimum atomic E-state index is -2.45. The van der Waals surface area contributed by atoms with Gasteiger partial charge in [0.05, 0.1) is 9.73 Å². The van der Waals surface area contributed by atoms with E-state index in [1.165, 1.54) is 0 Å². The Bertz CT molecular complexity index is 374. The zero-order valence-corrected chi connectivity index (χ0v) is 9.49. The molecule has 1 heterocycles. The molecule has 1 fully saturated rings. The zero-order chi connectivity index (χ0) is 12.0. The van der Waals surface area contributed by atoms with Crippen LogP contribution in [0.4, 0.5) is 0 Å². The summed E-state index contributed by atoms with van der Waals surface area (Å²) in [5.41, 5.74) is 0. The van der Waals surface area contributed by atoms with Gasteiger partial charge in [0.25, 0.3) is 5.91 Å². The second-order valence-electron chi connectivity index (χ2n) is 3.30. The molecule has 0 bridgehead atoms. The summed E-state index contributed by atoms with van der Waals surface area (Å²) in [6.07, 6.45) is 0. The fourth-order valence-corrected chi connectivity index (χ4v) is 2.96. The highest BCUT2D eigenvalue weighted by Gasteiger charge is 2.16. The number of carboxylic acids is 1. The van der Waals surface area contributed by atoms with Gasteiger partial charge in [-0.1, -0.05) is 0 Å². The minimum absolute atomic E-state index is 0.345. The Morgan fingerprint density at radius 2 is 1.94 bits per heavy atom. The predicted molar refractivity (Wildman–Crippen MR) is 56.6 cm³/mol. The number of carbonyl (C=O) groups excluding carboxylic acids is 1. The first kappa shape index (κ1) is 13.1. The summed E-state index contributed by atoms with van der Waals surface area (Å²) in [6, 6.07) is 0. The van der Waals surface area contributed by atoms with Gasteiger partial charge in [-0.25, -0.2) is 9.00 Å². The molecule has 0 radical (unpaired) electrons. The summed E-state index contributed by atoms with van der Waals surface area (Å²) in [6.45, 7) is 0.165. The number of hydrogen-bond acceptors (Lipinski definition) is 5. The molecule has 1 saturated heterocycles. The highest BCUT2D eigenvalue weighted by molar-refractivity contribution is 7.94. The van der Waals surface area contributed by atoms with E-state index in [0.29, 0.717) is 24.6 Å². The average Bonchev–Trinajstić information content (AvgIpc) is 2.17. The van der Waals surface area contributed by atoms with Crippen molar-refractivity contribution < 1.29 is 23.6 Å². The molecule has 2 N–H and O–H groups in total. The highest BCUT2D eigenvalue weighted by atomic mass is 32.2. The van der Waals surface area contributed by atoms with Gasteiger partial charge in [0.15, 0.2) is 0 Å². The first-order chi connectivity index (χ1) is 7.52. The summed E-state index contributed by atoms with van der Waals surface area (Å²) in [4.78, 5) is 21.3. The van der Waals surface area contributed by atoms with Crippen LogP contribution in [0.5, 0.6) is 0 Å². The number of carboxylic acid groups (broad SMARTS) is 1. The van der Waals surface area contributed by atoms with Gasteiger partial charge >= 0.3 is 5.97 Å². The van der Waals surface area contributed by atoms with Crippen molar-refractivity contribution >= 4 is 21.6 Å². The molecule has 92 valence electrons. The number of ether oxygens (including phenoxy) is 1. The molecule has 0 aromatic rings. The molecular weight excluding hydrogens is 236 g/mol. The molecule has 0 unspecified atom stereocenters. The molecular formula is C8H14N2O5S. The Kier molecular flexibility index (Phi) is 4.84. The first-order valence-electron chi connectivity index (χ1n) is 4.77. The van der Waals surface area contributed by atoms with Crippen molar-refractivity contribution in [1.82, 2.24) is 5.32 Å². The van der Waals surface area contributed by atoms with E-state index in [1.54, 1.807) is 0 Å². The van der Waals surface area contributed by atoms with Gasteiger partial charge in [0.1, 0.15) is 13.2 Å². The van der Waals surface area contributed by atoms with Crippen molar-refractivity contribution in [3.63, 3.8) is 0 Å². The van der Waals surface area contributed by atoms with Crippen LogP contribution in [0.2, 0.25) is 0 Å². The minimum Gasteiger partial charge on any atom is -0.480 e. The van der Waals surface area contributed by atoms with Crippen molar-refractivity contribution in [3.8, 4) is 0 Å². The van der Waals surface area contributed by atoms with Crippen LogP contribution < -0.4 is 5.32 Å². The van der Waals surface area contributed by atoms with E-state index in [-0.39, 0.29) is 0 Å². The van der Waals surface area contributed by atoms with Crippen LogP contribution in [0.25, 0.3) is 0 Å². The molecule has 0 saturated carbocycles. The van der Waals surface area contributed by atoms with E-state index in [2.05, 4.69) is 14.4 Å². The van der Waals surface area contributed by atoms with Gasteiger partial charge in [-0.3, -0.25) is 4.79 Å². The first-order valence-corrected chi connectivity index (χ1v) is 6.63. The zero-order valence-electron chi connectivity index (χ0n) is 8.68. The largest absolute Gasteiger partial charge is 0.480 e. The third kappa shape index (κ3) is 4.69. The Hall–Kier alpha value is -0.990. The average molecular weight is 250 g/mol. The van der Waals surface area contributed by atoms with E-state index in [1.807, 2.05) is 0 Å². The van der Waals surface area contributed by atoms with Gasteiger partial charge in [-0.2, -0.15) is 4.36 Å². The molecule has 1 amide bonds. The summed E-state index contributed by atoms with van der Waals surface area (Å²) in [5.74, 6) is -1.12. The van der Waals surface area contributed by atoms with Crippen molar-refractivity contribution in [2.24, 2.45) is 4.36 Å². The van der Waals surface area contributed by atoms with Gasteiger partial charge in [-0.05, 0) is 0 Å². The van der Waals surface area contributed by atoms with Crippen LogP contribution >= 0.6 is 0 Å². The van der Waals surface area contributed by atoms with Gasteiger partial charge in [0, 0.05) is 24.6 Å². The van der Waals surface area contributed by atoms with Gasteiger partial charge in [-0.15, -0.1) is 0 Å². The lowest BCUT2D eigenvalue weighted by Crippen LogP contribution is -2.36. The number of nitrogens with one attached hydrogen (secondary N) is 1. The second kappa shape index (κ2) is 5.92. The molecule has 1 aliphatic heterocycles. The fourth-order valence-electron chi connectivity index (χ4n) is 1.22. The van der Waals surface area contributed by atoms with Crippen molar-refractivity contribution in [2.45, 2.75) is 0 Å². The van der Waals surface area contributed by atoms with Crippen molar-refractivity contribution in [1.29, 1.82) is 0 Å². The maximum Gasteiger partial charge on any atom is 0.329 e. The maximum atomic E-state index is 11.9. The number of carbonyl (C=O) groups is 2. The number of nitrogens with zero attached hydrogens (tertiary/aromatic N) is 1. The molecule has 0 spiro atoms. The summed E-state index contributed by atoms with van der Waals surface area (Å²) in [7, 11) is -2.45. The lowest BCUT2D eigenvalue weighted by molar-refractivity contribution is -0.143. The van der Waals surface area contributed by atoms with E-state index in [0.717, 1.165) is 0 Å². The molecule has 1 aliphatic rings. The molecule has 1 rings (SSSR count). The van der Waals surface area contributed by atoms with Crippen LogP contribution in [0.1, 0.15) is 0 Å². The van der Waals surface area contributed by atoms with Crippen molar-refractivity contribution in [3.05, 3.63) is 0 Å². The number of rotatable bonds is 4. The van der Waals surface area contributed by atoms with Crippen molar-refractivity contribution in [2.75, 3.05) is 37.8 Å². The van der Waals surface area contributed by atoms with E-state index in [9.17, 15) is 13.8 Å². The van der Waals surface area contributed by atoms with Crippen LogP contribution in [0, 0.1) is 0 Å². The topological polar surface area (TPSA) is 105 Å². The van der Waals surface area contributed by atoms with Gasteiger partial charge in [0.2, 0.25) is 0 Å². The lowest BCUT2D eigenvalue weighted by atomic mass is 10.6. The molecule has 16 heavy (non-hydrogen) atoms. The Labute approximate surface area is 93.3 Å². The SMILES string of the molecule is O=C(O)COCC(=O)N=S1(=O)CCNCC1. The summed E-state index contributed by atoms with van der Waals surface area (Å²) in [5, 5.41) is 11.3. The number of aliphatic carboxylic acids is 1. The van der Waals surface area contributed by atoms with E-state index in [4.69, 9.17) is 5.11 Å². The van der Waals surface area contributed by atoms with Crippen LogP contribution in [-0.4, -0.2) is 59.0 Å². The quantitative estimate of drug-likeness (QED) is 0.641. The second-order valence-corrected chi connectivity index (χ2v) is 5.85. The smallest absolute Gasteiger partial charge is 0.329 e. The van der Waals surface area contributed by atoms with Crippen LogP contribution in [-0.2, 0) is 24.1 Å². The lowest BCUT2D eigenvalue weighted by Gasteiger charge is -2.15. The highest BCUT2D eigenvalue weighted by Crippen LogP contribution is 2.00. The van der Waals surface area contributed by atoms with Crippen LogP contribution in [0.15, 0.2) is 4.36 Å².